The van der Waals surface area contributed by atoms with Gasteiger partial charge in [-0.25, -0.2) is 0 Å². The van der Waals surface area contributed by atoms with Gasteiger partial charge in [-0.3, -0.25) is 0 Å². The van der Waals surface area contributed by atoms with E-state index in [1.54, 1.807) is 7.11 Å². The first-order valence-electron chi connectivity index (χ1n) is 5.87. The molecule has 2 aromatic carbocycles. The summed E-state index contributed by atoms with van der Waals surface area (Å²) in [6.07, 6.45) is 0. The number of hydrogen-bond acceptors (Lipinski definition) is 1. The fourth-order valence-electron chi connectivity index (χ4n) is 1.72. The summed E-state index contributed by atoms with van der Waals surface area (Å²) in [5.74, 6) is 3.11. The van der Waals surface area contributed by atoms with Crippen molar-refractivity contribution in [2.75, 3.05) is 13.7 Å². The van der Waals surface area contributed by atoms with Gasteiger partial charge < -0.3 is 4.74 Å². The Kier molecular flexibility index (Phi) is 4.77. The maximum Gasteiger partial charge on any atom is 0.213 e. The normalized spacial score (nSPS) is 9.89. The van der Waals surface area contributed by atoms with Crippen LogP contribution >= 0.6 is 0 Å². The lowest BCUT2D eigenvalue weighted by Crippen LogP contribution is -2.41. The Morgan fingerprint density at radius 1 is 0.889 bits per heavy atom. The summed E-state index contributed by atoms with van der Waals surface area (Å²) >= 11 is 0. The molecule has 18 heavy (non-hydrogen) atoms. The molecule has 0 N–H and O–H groups in total. The molecule has 1 nitrogen and oxygen atoms in total. The highest BCUT2D eigenvalue weighted by atomic mass is 28.3. The van der Waals surface area contributed by atoms with Gasteiger partial charge in [-0.15, -0.1) is 5.54 Å². The van der Waals surface area contributed by atoms with Crippen LogP contribution in [-0.4, -0.2) is 22.5 Å². The Morgan fingerprint density at radius 3 is 1.83 bits per heavy atom. The quantitative estimate of drug-likeness (QED) is 0.593. The maximum absolute atomic E-state index is 5.01. The van der Waals surface area contributed by atoms with Crippen LogP contribution in [0.3, 0.4) is 0 Å². The Labute approximate surface area is 110 Å². The van der Waals surface area contributed by atoms with Crippen molar-refractivity contribution in [3.8, 4) is 11.5 Å². The minimum atomic E-state index is -1.01. The van der Waals surface area contributed by atoms with Crippen LogP contribution in [0.25, 0.3) is 0 Å². The van der Waals surface area contributed by atoms with Crippen molar-refractivity contribution in [3.63, 3.8) is 0 Å². The number of ether oxygens (including phenoxy) is 1. The molecule has 0 aliphatic rings. The van der Waals surface area contributed by atoms with Crippen molar-refractivity contribution >= 4 is 19.2 Å². The Morgan fingerprint density at radius 2 is 1.39 bits per heavy atom. The first-order valence-corrected chi connectivity index (χ1v) is 7.37. The zero-order chi connectivity index (χ0) is 12.6. The van der Waals surface area contributed by atoms with Crippen molar-refractivity contribution in [2.45, 2.75) is 0 Å². The van der Waals surface area contributed by atoms with Crippen molar-refractivity contribution in [3.05, 3.63) is 60.7 Å². The van der Waals surface area contributed by atoms with Crippen molar-refractivity contribution < 1.29 is 4.74 Å². The van der Waals surface area contributed by atoms with Gasteiger partial charge in [0.25, 0.3) is 0 Å². The van der Waals surface area contributed by atoms with Crippen LogP contribution in [0, 0.1) is 11.5 Å². The largest absolute Gasteiger partial charge is 0.372 e. The molecule has 0 saturated carbocycles. The fourth-order valence-corrected chi connectivity index (χ4v) is 3.64. The smallest absolute Gasteiger partial charge is 0.213 e. The lowest BCUT2D eigenvalue weighted by molar-refractivity contribution is 0.240. The van der Waals surface area contributed by atoms with E-state index in [9.17, 15) is 0 Å². The number of benzene rings is 2. The van der Waals surface area contributed by atoms with E-state index in [2.05, 4.69) is 60.0 Å². The van der Waals surface area contributed by atoms with E-state index in [1.807, 2.05) is 12.1 Å². The van der Waals surface area contributed by atoms with E-state index in [0.29, 0.717) is 6.61 Å². The second kappa shape index (κ2) is 6.80. The highest BCUT2D eigenvalue weighted by Gasteiger charge is 2.13. The molecule has 0 aliphatic heterocycles. The molecule has 0 amide bonds. The molecule has 0 unspecified atom stereocenters. The third-order valence-corrected chi connectivity index (χ3v) is 4.80. The number of methoxy groups -OCH3 is 1. The Hall–Kier alpha value is -1.82. The molecule has 2 aromatic rings. The van der Waals surface area contributed by atoms with Gasteiger partial charge in [0.2, 0.25) is 8.80 Å². The van der Waals surface area contributed by atoms with Gasteiger partial charge in [0.15, 0.2) is 0 Å². The molecule has 0 atom stereocenters. The van der Waals surface area contributed by atoms with Gasteiger partial charge in [0.05, 0.1) is 0 Å². The molecule has 2 heteroatoms. The molecule has 1 radical (unpaired) electrons. The summed E-state index contributed by atoms with van der Waals surface area (Å²) in [5, 5.41) is 2.63. The van der Waals surface area contributed by atoms with Gasteiger partial charge in [0.1, 0.15) is 6.61 Å². The topological polar surface area (TPSA) is 9.23 Å². The molecule has 0 saturated heterocycles. The van der Waals surface area contributed by atoms with Gasteiger partial charge in [-0.05, 0) is 10.4 Å². The first kappa shape index (κ1) is 12.6. The van der Waals surface area contributed by atoms with E-state index < -0.39 is 8.80 Å². The summed E-state index contributed by atoms with van der Waals surface area (Å²) in [6.45, 7) is 0.494. The molecule has 0 heterocycles. The molecule has 2 rings (SSSR count). The molecule has 89 valence electrons. The van der Waals surface area contributed by atoms with E-state index >= 15 is 0 Å². The van der Waals surface area contributed by atoms with E-state index in [0.717, 1.165) is 0 Å². The SMILES string of the molecule is COCC#C[Si](c1ccccc1)c1ccccc1. The predicted molar refractivity (Wildman–Crippen MR) is 77.6 cm³/mol. The van der Waals surface area contributed by atoms with Crippen LogP contribution in [0.5, 0.6) is 0 Å². The van der Waals surface area contributed by atoms with Gasteiger partial charge in [0, 0.05) is 7.11 Å². The van der Waals surface area contributed by atoms with Crippen LogP contribution in [0.2, 0.25) is 0 Å². The van der Waals surface area contributed by atoms with Gasteiger partial charge in [-0.2, -0.15) is 0 Å². The summed E-state index contributed by atoms with van der Waals surface area (Å²) in [4.78, 5) is 0. The third kappa shape index (κ3) is 3.33. The van der Waals surface area contributed by atoms with E-state index in [-0.39, 0.29) is 0 Å². The lowest BCUT2D eigenvalue weighted by atomic mass is 10.4. The molecule has 0 fully saturated rings. The second-order valence-electron chi connectivity index (χ2n) is 3.84. The van der Waals surface area contributed by atoms with Crippen LogP contribution < -0.4 is 10.4 Å². The van der Waals surface area contributed by atoms with Crippen LogP contribution in [0.15, 0.2) is 60.7 Å². The predicted octanol–water partition coefficient (Wildman–Crippen LogP) is 1.48. The molecule has 0 bridgehead atoms. The van der Waals surface area contributed by atoms with Crippen LogP contribution in [-0.2, 0) is 4.74 Å². The molecular formula is C16H15OSi. The summed E-state index contributed by atoms with van der Waals surface area (Å²) in [5.41, 5.74) is 3.38. The summed E-state index contributed by atoms with van der Waals surface area (Å²) in [7, 11) is 0.659. The van der Waals surface area contributed by atoms with Crippen molar-refractivity contribution in [1.29, 1.82) is 0 Å². The zero-order valence-electron chi connectivity index (χ0n) is 10.4. The lowest BCUT2D eigenvalue weighted by Gasteiger charge is -2.08. The fraction of sp³-hybridized carbons (Fsp3) is 0.125. The second-order valence-corrected chi connectivity index (χ2v) is 6.00. The molecular weight excluding hydrogens is 236 g/mol. The molecule has 0 spiro atoms. The Balaban J connectivity index is 2.33. The van der Waals surface area contributed by atoms with Crippen molar-refractivity contribution in [2.24, 2.45) is 0 Å². The van der Waals surface area contributed by atoms with Crippen LogP contribution in [0.4, 0.5) is 0 Å². The van der Waals surface area contributed by atoms with Crippen molar-refractivity contribution in [1.82, 2.24) is 0 Å². The van der Waals surface area contributed by atoms with E-state index in [1.165, 1.54) is 10.4 Å². The van der Waals surface area contributed by atoms with Crippen LogP contribution in [0.1, 0.15) is 0 Å². The van der Waals surface area contributed by atoms with Gasteiger partial charge in [-0.1, -0.05) is 66.6 Å². The first-order chi connectivity index (χ1) is 8.92. The maximum atomic E-state index is 5.01. The molecule has 0 aromatic heterocycles. The summed E-state index contributed by atoms with van der Waals surface area (Å²) < 4.78 is 5.01. The standard InChI is InChI=1S/C16H15OSi/c1-17-13-8-14-18(15-9-4-2-5-10-15)16-11-6-3-7-12-16/h2-7,9-12H,13H2,1H3. The highest BCUT2D eigenvalue weighted by molar-refractivity contribution is 6.91. The Bertz CT molecular complexity index is 486. The number of hydrogen-bond donors (Lipinski definition) is 0. The van der Waals surface area contributed by atoms with Gasteiger partial charge >= 0.3 is 0 Å². The third-order valence-electron chi connectivity index (χ3n) is 2.55. The minimum Gasteiger partial charge on any atom is -0.372 e. The summed E-state index contributed by atoms with van der Waals surface area (Å²) in [6, 6.07) is 21.0. The number of rotatable bonds is 3. The monoisotopic (exact) mass is 251 g/mol. The van der Waals surface area contributed by atoms with E-state index in [4.69, 9.17) is 4.74 Å². The zero-order valence-corrected chi connectivity index (χ0v) is 11.4. The average Bonchev–Trinajstić information content (AvgIpc) is 2.46. The molecule has 0 aliphatic carbocycles. The highest BCUT2D eigenvalue weighted by Crippen LogP contribution is 1.92. The average molecular weight is 251 g/mol. The minimum absolute atomic E-state index is 0.494.